The Morgan fingerprint density at radius 1 is 1.00 bits per heavy atom. The summed E-state index contributed by atoms with van der Waals surface area (Å²) >= 11 is 1.67. The minimum absolute atomic E-state index is 0.0971. The lowest BCUT2D eigenvalue weighted by molar-refractivity contribution is -0.119. The molecule has 0 aliphatic carbocycles. The average Bonchev–Trinajstić information content (AvgIpc) is 2.52. The second-order valence-corrected chi connectivity index (χ2v) is 7.41. The summed E-state index contributed by atoms with van der Waals surface area (Å²) in [5, 5.41) is 3.15. The van der Waals surface area contributed by atoms with E-state index >= 15 is 0 Å². The highest BCUT2D eigenvalue weighted by molar-refractivity contribution is 7.99. The van der Waals surface area contributed by atoms with Gasteiger partial charge in [0, 0.05) is 5.75 Å². The predicted molar refractivity (Wildman–Crippen MR) is 104 cm³/mol. The number of carbonyl (C=O) groups excluding carboxylic acids is 1. The van der Waals surface area contributed by atoms with Crippen molar-refractivity contribution >= 4 is 17.7 Å². The van der Waals surface area contributed by atoms with Crippen molar-refractivity contribution in [2.24, 2.45) is 0 Å². The van der Waals surface area contributed by atoms with E-state index in [-0.39, 0.29) is 11.9 Å². The zero-order valence-corrected chi connectivity index (χ0v) is 15.9. The van der Waals surface area contributed by atoms with Gasteiger partial charge in [0.1, 0.15) is 0 Å². The second-order valence-electron chi connectivity index (χ2n) is 6.43. The first-order chi connectivity index (χ1) is 11.5. The fourth-order valence-electron chi connectivity index (χ4n) is 2.87. The van der Waals surface area contributed by atoms with E-state index in [2.05, 4.69) is 75.5 Å². The van der Waals surface area contributed by atoms with Gasteiger partial charge in [-0.15, -0.1) is 11.8 Å². The molecular formula is C21H27NOS. The molecule has 0 saturated carbocycles. The molecule has 2 rings (SSSR count). The maximum atomic E-state index is 12.2. The summed E-state index contributed by atoms with van der Waals surface area (Å²) in [6, 6.07) is 15.1. The molecule has 0 fully saturated rings. The van der Waals surface area contributed by atoms with Crippen LogP contribution in [0.4, 0.5) is 0 Å². The molecule has 0 saturated heterocycles. The Morgan fingerprint density at radius 2 is 1.62 bits per heavy atom. The van der Waals surface area contributed by atoms with Crippen LogP contribution >= 0.6 is 11.8 Å². The molecule has 24 heavy (non-hydrogen) atoms. The number of rotatable bonds is 7. The van der Waals surface area contributed by atoms with Crippen molar-refractivity contribution in [2.45, 2.75) is 45.9 Å². The van der Waals surface area contributed by atoms with Crippen molar-refractivity contribution < 1.29 is 4.79 Å². The van der Waals surface area contributed by atoms with Gasteiger partial charge in [-0.25, -0.2) is 0 Å². The quantitative estimate of drug-likeness (QED) is 0.758. The van der Waals surface area contributed by atoms with Gasteiger partial charge in [0.2, 0.25) is 5.91 Å². The van der Waals surface area contributed by atoms with Crippen LogP contribution in [0.2, 0.25) is 0 Å². The second kappa shape index (κ2) is 8.93. The van der Waals surface area contributed by atoms with Crippen molar-refractivity contribution in [3.8, 4) is 0 Å². The van der Waals surface area contributed by atoms with Crippen LogP contribution in [0.15, 0.2) is 42.5 Å². The lowest BCUT2D eigenvalue weighted by atomic mass is 10.0. The molecule has 0 spiro atoms. The number of thioether (sulfide) groups is 1. The summed E-state index contributed by atoms with van der Waals surface area (Å²) < 4.78 is 0. The minimum Gasteiger partial charge on any atom is -0.349 e. The van der Waals surface area contributed by atoms with Crippen LogP contribution in [0.25, 0.3) is 0 Å². The molecular weight excluding hydrogens is 314 g/mol. The summed E-state index contributed by atoms with van der Waals surface area (Å²) in [5.74, 6) is 1.48. The topological polar surface area (TPSA) is 29.1 Å². The number of aryl methyl sites for hydroxylation is 3. The molecule has 0 aromatic heterocycles. The van der Waals surface area contributed by atoms with E-state index in [0.717, 1.165) is 12.2 Å². The van der Waals surface area contributed by atoms with Crippen LogP contribution < -0.4 is 5.32 Å². The van der Waals surface area contributed by atoms with Crippen molar-refractivity contribution in [1.29, 1.82) is 0 Å². The first-order valence-corrected chi connectivity index (χ1v) is 9.64. The van der Waals surface area contributed by atoms with Crippen LogP contribution in [0.3, 0.4) is 0 Å². The molecule has 2 aromatic rings. The maximum absolute atomic E-state index is 12.2. The Bertz CT molecular complexity index is 658. The average molecular weight is 342 g/mol. The van der Waals surface area contributed by atoms with Crippen molar-refractivity contribution in [2.75, 3.05) is 5.75 Å². The van der Waals surface area contributed by atoms with Crippen molar-refractivity contribution in [3.05, 3.63) is 70.3 Å². The van der Waals surface area contributed by atoms with E-state index in [1.54, 1.807) is 11.8 Å². The number of benzene rings is 2. The Hall–Kier alpha value is -1.74. The molecule has 1 atom stereocenters. The number of hydrogen-bond donors (Lipinski definition) is 1. The molecule has 0 unspecified atom stereocenters. The van der Waals surface area contributed by atoms with Gasteiger partial charge < -0.3 is 5.32 Å². The summed E-state index contributed by atoms with van der Waals surface area (Å²) in [6.07, 6.45) is 0.899. The zero-order chi connectivity index (χ0) is 17.5. The fourth-order valence-corrected chi connectivity index (χ4v) is 3.64. The van der Waals surface area contributed by atoms with Crippen LogP contribution in [-0.2, 0) is 10.5 Å². The van der Waals surface area contributed by atoms with E-state index in [0.29, 0.717) is 5.75 Å². The number of hydrogen-bond acceptors (Lipinski definition) is 2. The van der Waals surface area contributed by atoms with Crippen LogP contribution in [0.5, 0.6) is 0 Å². The minimum atomic E-state index is 0.0971. The third-order valence-electron chi connectivity index (χ3n) is 4.01. The number of nitrogens with one attached hydrogen (secondary N) is 1. The lowest BCUT2D eigenvalue weighted by Gasteiger charge is -2.17. The number of amides is 1. The van der Waals surface area contributed by atoms with Gasteiger partial charge in [-0.1, -0.05) is 66.1 Å². The molecule has 2 aromatic carbocycles. The molecule has 1 amide bonds. The smallest absolute Gasteiger partial charge is 0.230 e. The van der Waals surface area contributed by atoms with Gasteiger partial charge in [0.05, 0.1) is 11.8 Å². The standard InChI is InChI=1S/C21H27NOS/c1-5-20(19-8-6-15(2)7-9-19)22-21(23)14-24-13-18-11-16(3)10-17(4)12-18/h6-12,20H,5,13-14H2,1-4H3,(H,22,23)/t20-/m0/s1. The third-order valence-corrected chi connectivity index (χ3v) is 5.01. The number of carbonyl (C=O) groups is 1. The van der Waals surface area contributed by atoms with E-state index in [1.165, 1.54) is 27.8 Å². The first kappa shape index (κ1) is 18.6. The molecule has 3 heteroatoms. The Morgan fingerprint density at radius 3 is 2.21 bits per heavy atom. The largest absolute Gasteiger partial charge is 0.349 e. The van der Waals surface area contributed by atoms with Gasteiger partial charge in [0.25, 0.3) is 0 Å². The van der Waals surface area contributed by atoms with E-state index in [1.807, 2.05) is 0 Å². The molecule has 128 valence electrons. The van der Waals surface area contributed by atoms with E-state index in [4.69, 9.17) is 0 Å². The Balaban J connectivity index is 1.84. The van der Waals surface area contributed by atoms with Crippen LogP contribution in [0, 0.1) is 20.8 Å². The molecule has 0 radical (unpaired) electrons. The monoisotopic (exact) mass is 341 g/mol. The van der Waals surface area contributed by atoms with Crippen LogP contribution in [-0.4, -0.2) is 11.7 Å². The highest BCUT2D eigenvalue weighted by atomic mass is 32.2. The van der Waals surface area contributed by atoms with E-state index in [9.17, 15) is 4.79 Å². The fraction of sp³-hybridized carbons (Fsp3) is 0.381. The maximum Gasteiger partial charge on any atom is 0.230 e. The highest BCUT2D eigenvalue weighted by Gasteiger charge is 2.12. The SMILES string of the molecule is CC[C@H](NC(=O)CSCc1cc(C)cc(C)c1)c1ccc(C)cc1. The van der Waals surface area contributed by atoms with E-state index < -0.39 is 0 Å². The zero-order valence-electron chi connectivity index (χ0n) is 15.1. The van der Waals surface area contributed by atoms with Crippen LogP contribution in [0.1, 0.15) is 47.2 Å². The molecule has 0 aliphatic heterocycles. The summed E-state index contributed by atoms with van der Waals surface area (Å²) in [4.78, 5) is 12.2. The van der Waals surface area contributed by atoms with Gasteiger partial charge in [-0.2, -0.15) is 0 Å². The summed E-state index contributed by atoms with van der Waals surface area (Å²) in [7, 11) is 0. The third kappa shape index (κ3) is 5.72. The highest BCUT2D eigenvalue weighted by Crippen LogP contribution is 2.19. The molecule has 1 N–H and O–H groups in total. The van der Waals surface area contributed by atoms with Gasteiger partial charge >= 0.3 is 0 Å². The normalized spacial score (nSPS) is 12.0. The summed E-state index contributed by atoms with van der Waals surface area (Å²) in [5.41, 5.74) is 6.26. The molecule has 0 aliphatic rings. The first-order valence-electron chi connectivity index (χ1n) is 8.48. The molecule has 0 heterocycles. The van der Waals surface area contributed by atoms with Gasteiger partial charge in [-0.3, -0.25) is 4.79 Å². The molecule has 2 nitrogen and oxygen atoms in total. The lowest BCUT2D eigenvalue weighted by Crippen LogP contribution is -2.29. The summed E-state index contributed by atoms with van der Waals surface area (Å²) in [6.45, 7) is 8.41. The molecule has 0 bridgehead atoms. The Labute approximate surface area is 150 Å². The predicted octanol–water partition coefficient (Wildman–Crippen LogP) is 5.11. The van der Waals surface area contributed by atoms with Crippen molar-refractivity contribution in [1.82, 2.24) is 5.32 Å². The van der Waals surface area contributed by atoms with Gasteiger partial charge in [0.15, 0.2) is 0 Å². The Kier molecular flexibility index (Phi) is 6.92. The van der Waals surface area contributed by atoms with Crippen molar-refractivity contribution in [3.63, 3.8) is 0 Å². The van der Waals surface area contributed by atoms with Gasteiger partial charge in [-0.05, 0) is 38.3 Å².